The van der Waals surface area contributed by atoms with Crippen LogP contribution in [0.15, 0.2) is 12.1 Å². The van der Waals surface area contributed by atoms with Gasteiger partial charge in [-0.1, -0.05) is 0 Å². The number of hydrogen-bond acceptors (Lipinski definition) is 3. The molecule has 1 N–H and O–H groups in total. The molecule has 0 unspecified atom stereocenters. The zero-order valence-corrected chi connectivity index (χ0v) is 10.4. The van der Waals surface area contributed by atoms with Gasteiger partial charge >= 0.3 is 6.18 Å². The summed E-state index contributed by atoms with van der Waals surface area (Å²) in [6, 6.07) is 2.01. The number of piperidine rings is 1. The average Bonchev–Trinajstić information content (AvgIpc) is 2.63. The molecule has 0 amide bonds. The van der Waals surface area contributed by atoms with Crippen LogP contribution >= 0.6 is 12.4 Å². The van der Waals surface area contributed by atoms with Crippen molar-refractivity contribution in [3.8, 4) is 5.88 Å². The second-order valence-electron chi connectivity index (χ2n) is 4.46. The van der Waals surface area contributed by atoms with Crippen molar-refractivity contribution in [3.05, 3.63) is 23.4 Å². The van der Waals surface area contributed by atoms with Crippen LogP contribution in [0.1, 0.15) is 23.7 Å². The number of halogens is 5. The molecule has 8 heteroatoms. The van der Waals surface area contributed by atoms with Crippen LogP contribution in [0.5, 0.6) is 5.88 Å². The van der Waals surface area contributed by atoms with Gasteiger partial charge in [0.1, 0.15) is 18.0 Å². The van der Waals surface area contributed by atoms with Crippen molar-refractivity contribution in [2.45, 2.75) is 30.9 Å². The zero-order chi connectivity index (χ0) is 12.9. The van der Waals surface area contributed by atoms with Crippen LogP contribution in [0.3, 0.4) is 0 Å². The molecule has 3 atom stereocenters. The van der Waals surface area contributed by atoms with Crippen molar-refractivity contribution in [2.75, 3.05) is 6.54 Å². The fourth-order valence-corrected chi connectivity index (χ4v) is 2.37. The number of rotatable bonds is 0. The highest BCUT2D eigenvalue weighted by Crippen LogP contribution is 2.41. The van der Waals surface area contributed by atoms with E-state index in [1.165, 1.54) is 6.07 Å². The summed E-state index contributed by atoms with van der Waals surface area (Å²) in [4.78, 5) is 3.46. The van der Waals surface area contributed by atoms with E-state index in [9.17, 15) is 17.6 Å². The molecule has 19 heavy (non-hydrogen) atoms. The molecule has 1 saturated heterocycles. The maximum atomic E-state index is 13.2. The van der Waals surface area contributed by atoms with Gasteiger partial charge < -0.3 is 10.1 Å². The van der Waals surface area contributed by atoms with Gasteiger partial charge in [0.2, 0.25) is 5.88 Å². The third kappa shape index (κ3) is 2.49. The van der Waals surface area contributed by atoms with Crippen molar-refractivity contribution < 1.29 is 22.3 Å². The molecule has 2 aliphatic heterocycles. The molecule has 0 bridgehead atoms. The lowest BCUT2D eigenvalue weighted by Gasteiger charge is -2.27. The van der Waals surface area contributed by atoms with E-state index in [0.717, 1.165) is 6.07 Å². The third-order valence-electron chi connectivity index (χ3n) is 3.20. The van der Waals surface area contributed by atoms with Gasteiger partial charge in [0.25, 0.3) is 0 Å². The van der Waals surface area contributed by atoms with Crippen LogP contribution in [0.2, 0.25) is 0 Å². The first-order valence-corrected chi connectivity index (χ1v) is 5.57. The minimum Gasteiger partial charge on any atom is -0.472 e. The first kappa shape index (κ1) is 14.3. The lowest BCUT2D eigenvalue weighted by atomic mass is 9.97. The number of nitrogens with zero attached hydrogens (tertiary/aromatic N) is 1. The predicted octanol–water partition coefficient (Wildman–Crippen LogP) is 2.66. The fourth-order valence-electron chi connectivity index (χ4n) is 2.37. The molecule has 1 fully saturated rings. The van der Waals surface area contributed by atoms with Gasteiger partial charge in [-0.05, 0) is 12.1 Å². The summed E-state index contributed by atoms with van der Waals surface area (Å²) in [5.41, 5.74) is -0.420. The number of alkyl halides is 4. The minimum absolute atomic E-state index is 0. The standard InChI is InChI=1S/C11H10F4N2O.ClH/c12-5-3-7-9(16-4-5)6-1-2-8(11(13,14)15)17-10(6)18-7;/h1-2,5,7,9,16H,3-4H2;1H/t5-,7+,9+;/m1./s1. The quantitative estimate of drug-likeness (QED) is 0.748. The van der Waals surface area contributed by atoms with E-state index in [2.05, 4.69) is 10.3 Å². The molecule has 1 aromatic rings. The van der Waals surface area contributed by atoms with Crippen molar-refractivity contribution in [2.24, 2.45) is 0 Å². The Bertz CT molecular complexity index is 482. The number of fused-ring (bicyclic) bond motifs is 3. The normalized spacial score (nSPS) is 28.9. The fraction of sp³-hybridized carbons (Fsp3) is 0.545. The Morgan fingerprint density at radius 1 is 1.32 bits per heavy atom. The Morgan fingerprint density at radius 3 is 2.74 bits per heavy atom. The molecule has 0 radical (unpaired) electrons. The lowest BCUT2D eigenvalue weighted by molar-refractivity contribution is -0.141. The molecule has 0 aromatic carbocycles. The maximum absolute atomic E-state index is 13.2. The summed E-state index contributed by atoms with van der Waals surface area (Å²) < 4.78 is 56.0. The monoisotopic (exact) mass is 298 g/mol. The second-order valence-corrected chi connectivity index (χ2v) is 4.46. The van der Waals surface area contributed by atoms with Gasteiger partial charge in [0, 0.05) is 18.5 Å². The van der Waals surface area contributed by atoms with Crippen LogP contribution in [0, 0.1) is 0 Å². The van der Waals surface area contributed by atoms with Gasteiger partial charge in [-0.3, -0.25) is 0 Å². The van der Waals surface area contributed by atoms with Crippen molar-refractivity contribution >= 4 is 12.4 Å². The van der Waals surface area contributed by atoms with Gasteiger partial charge in [-0.2, -0.15) is 13.2 Å². The average molecular weight is 299 g/mol. The van der Waals surface area contributed by atoms with E-state index in [0.29, 0.717) is 5.56 Å². The third-order valence-corrected chi connectivity index (χ3v) is 3.20. The summed E-state index contributed by atoms with van der Waals surface area (Å²) in [6.07, 6.45) is -5.83. The lowest BCUT2D eigenvalue weighted by Crippen LogP contribution is -2.42. The first-order chi connectivity index (χ1) is 8.45. The smallest absolute Gasteiger partial charge is 0.433 e. The molecule has 3 nitrogen and oxygen atoms in total. The molecule has 3 heterocycles. The van der Waals surface area contributed by atoms with Gasteiger partial charge in [0.15, 0.2) is 0 Å². The van der Waals surface area contributed by atoms with Crippen LogP contribution in [-0.4, -0.2) is 23.8 Å². The molecule has 3 rings (SSSR count). The van der Waals surface area contributed by atoms with E-state index in [1.807, 2.05) is 0 Å². The summed E-state index contributed by atoms with van der Waals surface area (Å²) >= 11 is 0. The van der Waals surface area contributed by atoms with E-state index < -0.39 is 24.1 Å². The summed E-state index contributed by atoms with van der Waals surface area (Å²) in [6.45, 7) is 0.186. The van der Waals surface area contributed by atoms with Crippen LogP contribution in [-0.2, 0) is 6.18 Å². The highest BCUT2D eigenvalue weighted by atomic mass is 35.5. The van der Waals surface area contributed by atoms with E-state index in [-0.39, 0.29) is 37.3 Å². The van der Waals surface area contributed by atoms with Crippen molar-refractivity contribution in [1.29, 1.82) is 0 Å². The molecule has 0 saturated carbocycles. The Hall–Kier alpha value is -1.08. The second kappa shape index (κ2) is 4.79. The van der Waals surface area contributed by atoms with Crippen molar-refractivity contribution in [1.82, 2.24) is 10.3 Å². The van der Waals surface area contributed by atoms with Crippen LogP contribution < -0.4 is 10.1 Å². The Balaban J connectivity index is 0.00000133. The topological polar surface area (TPSA) is 34.2 Å². The molecule has 1 aromatic heterocycles. The number of hydrogen-bond donors (Lipinski definition) is 1. The molecule has 2 aliphatic rings. The molecular formula is C11H11ClF4N2O. The minimum atomic E-state index is -4.50. The number of ether oxygens (including phenoxy) is 1. The number of pyridine rings is 1. The Morgan fingerprint density at radius 2 is 2.05 bits per heavy atom. The van der Waals surface area contributed by atoms with Gasteiger partial charge in [-0.25, -0.2) is 9.37 Å². The summed E-state index contributed by atoms with van der Waals surface area (Å²) in [5, 5.41) is 2.92. The Kier molecular flexibility index (Phi) is 3.61. The Labute approximate surface area is 112 Å². The highest BCUT2D eigenvalue weighted by molar-refractivity contribution is 5.85. The zero-order valence-electron chi connectivity index (χ0n) is 9.58. The van der Waals surface area contributed by atoms with Crippen LogP contribution in [0.25, 0.3) is 0 Å². The van der Waals surface area contributed by atoms with E-state index in [1.54, 1.807) is 0 Å². The van der Waals surface area contributed by atoms with Gasteiger partial charge in [0.05, 0.1) is 6.04 Å². The first-order valence-electron chi connectivity index (χ1n) is 5.57. The van der Waals surface area contributed by atoms with Crippen molar-refractivity contribution in [3.63, 3.8) is 0 Å². The SMILES string of the molecule is Cl.F[C@H]1CN[C@H]2c3ccc(C(F)(F)F)nc3O[C@H]2C1. The van der Waals surface area contributed by atoms with Gasteiger partial charge in [-0.15, -0.1) is 12.4 Å². The van der Waals surface area contributed by atoms with E-state index in [4.69, 9.17) is 4.74 Å². The largest absolute Gasteiger partial charge is 0.472 e. The molecular weight excluding hydrogens is 288 g/mol. The number of aromatic nitrogens is 1. The van der Waals surface area contributed by atoms with Crippen LogP contribution in [0.4, 0.5) is 17.6 Å². The molecule has 0 spiro atoms. The highest BCUT2D eigenvalue weighted by Gasteiger charge is 2.42. The molecule has 106 valence electrons. The maximum Gasteiger partial charge on any atom is 0.433 e. The summed E-state index contributed by atoms with van der Waals surface area (Å²) in [7, 11) is 0. The van der Waals surface area contributed by atoms with E-state index >= 15 is 0 Å². The molecule has 0 aliphatic carbocycles. The number of nitrogens with one attached hydrogen (secondary N) is 1. The predicted molar refractivity (Wildman–Crippen MR) is 61.2 cm³/mol. The summed E-state index contributed by atoms with van der Waals surface area (Å²) in [5.74, 6) is -0.0403.